The lowest BCUT2D eigenvalue weighted by molar-refractivity contribution is -0.394. The van der Waals surface area contributed by atoms with Crippen LogP contribution >= 0.6 is 0 Å². The molecule has 0 saturated carbocycles. The first-order valence-electron chi connectivity index (χ1n) is 2.05. The van der Waals surface area contributed by atoms with E-state index in [1.165, 1.54) is 0 Å². The number of nitro groups is 1. The predicted molar refractivity (Wildman–Crippen MR) is 25.2 cm³/mol. The summed E-state index contributed by atoms with van der Waals surface area (Å²) < 4.78 is 11.8. The van der Waals surface area contributed by atoms with Crippen LogP contribution < -0.4 is 0 Å². The van der Waals surface area contributed by atoms with Crippen LogP contribution in [0.2, 0.25) is 0 Å². The summed E-state index contributed by atoms with van der Waals surface area (Å²) in [6, 6.07) is 0. The molecular weight excluding hydrogens is 129 g/mol. The first-order chi connectivity index (χ1) is 4.20. The predicted octanol–water partition coefficient (Wildman–Crippen LogP) is 0.457. The van der Waals surface area contributed by atoms with Gasteiger partial charge < -0.3 is 10.1 Å². The van der Waals surface area contributed by atoms with Crippen LogP contribution in [-0.4, -0.2) is 14.9 Å². The van der Waals surface area contributed by atoms with Gasteiger partial charge in [-0.2, -0.15) is 4.39 Å². The molecule has 9 heavy (non-hydrogen) atoms. The highest BCUT2D eigenvalue weighted by molar-refractivity contribution is 5.02. The summed E-state index contributed by atoms with van der Waals surface area (Å²) in [6.07, 6.45) is 0.818. The van der Waals surface area contributed by atoms with Gasteiger partial charge >= 0.3 is 11.9 Å². The molecule has 0 spiro atoms. The molecule has 1 aromatic rings. The van der Waals surface area contributed by atoms with Crippen molar-refractivity contribution in [3.63, 3.8) is 0 Å². The molecule has 0 aliphatic rings. The van der Waals surface area contributed by atoms with Crippen LogP contribution in [0.5, 0.6) is 0 Å². The zero-order valence-corrected chi connectivity index (χ0v) is 4.17. The number of aromatic amines is 1. The number of nitrogens with one attached hydrogen (secondary N) is 1. The summed E-state index contributed by atoms with van der Waals surface area (Å²) in [4.78, 5) is 13.9. The molecule has 6 heteroatoms. The van der Waals surface area contributed by atoms with Gasteiger partial charge in [0.05, 0.1) is 0 Å². The second-order valence-corrected chi connectivity index (χ2v) is 1.30. The van der Waals surface area contributed by atoms with E-state index in [4.69, 9.17) is 0 Å². The molecule has 0 unspecified atom stereocenters. The van der Waals surface area contributed by atoms with Crippen LogP contribution in [0.3, 0.4) is 0 Å². The van der Waals surface area contributed by atoms with Crippen molar-refractivity contribution >= 4 is 5.95 Å². The van der Waals surface area contributed by atoms with E-state index >= 15 is 0 Å². The van der Waals surface area contributed by atoms with Gasteiger partial charge in [-0.1, -0.05) is 0 Å². The molecule has 0 fully saturated rings. The third-order valence-corrected chi connectivity index (χ3v) is 0.706. The minimum Gasteiger partial charge on any atom is -0.390 e. The van der Waals surface area contributed by atoms with Crippen molar-refractivity contribution in [3.05, 3.63) is 22.3 Å². The highest BCUT2D eigenvalue weighted by Gasteiger charge is 2.09. The van der Waals surface area contributed by atoms with E-state index in [0.717, 1.165) is 6.20 Å². The molecular formula is C3H2FN3O2. The molecule has 0 radical (unpaired) electrons. The Labute approximate surface area is 48.7 Å². The largest absolute Gasteiger partial charge is 0.435 e. The molecule has 1 aromatic heterocycles. The Kier molecular flexibility index (Phi) is 1.14. The van der Waals surface area contributed by atoms with Crippen molar-refractivity contribution in [3.8, 4) is 0 Å². The molecule has 48 valence electrons. The molecule has 0 saturated heterocycles. The van der Waals surface area contributed by atoms with Gasteiger partial charge in [0.1, 0.15) is 6.20 Å². The fourth-order valence-corrected chi connectivity index (χ4v) is 0.383. The first-order valence-corrected chi connectivity index (χ1v) is 2.05. The van der Waals surface area contributed by atoms with Crippen LogP contribution in [-0.2, 0) is 0 Å². The van der Waals surface area contributed by atoms with Crippen LogP contribution in [0.25, 0.3) is 0 Å². The van der Waals surface area contributed by atoms with Gasteiger partial charge in [0.15, 0.2) is 0 Å². The number of imidazole rings is 1. The molecule has 1 N–H and O–H groups in total. The lowest BCUT2D eigenvalue weighted by atomic mass is 10.9. The Balaban J connectivity index is 2.98. The zero-order valence-electron chi connectivity index (χ0n) is 4.17. The van der Waals surface area contributed by atoms with Gasteiger partial charge in [-0.15, -0.1) is 0 Å². The van der Waals surface area contributed by atoms with E-state index in [0.29, 0.717) is 0 Å². The molecule has 0 aliphatic heterocycles. The summed E-state index contributed by atoms with van der Waals surface area (Å²) in [5, 5.41) is 9.76. The van der Waals surface area contributed by atoms with E-state index in [1.807, 2.05) is 4.98 Å². The highest BCUT2D eigenvalue weighted by Crippen LogP contribution is 2.01. The minimum absolute atomic E-state index is 0.576. The second-order valence-electron chi connectivity index (χ2n) is 1.30. The SMILES string of the molecule is O=[N+]([O-])c1nc(F)c[nH]1. The van der Waals surface area contributed by atoms with E-state index in [9.17, 15) is 14.5 Å². The summed E-state index contributed by atoms with van der Waals surface area (Å²) in [5.41, 5.74) is 0. The standard InChI is InChI=1S/C3H2FN3O2/c4-2-1-5-3(6-2)7(8)9/h1H,(H,5,6). The number of hydrogen-bond donors (Lipinski definition) is 1. The number of aromatic nitrogens is 2. The maximum Gasteiger partial charge on any atom is 0.435 e. The van der Waals surface area contributed by atoms with Gasteiger partial charge in [0.25, 0.3) is 0 Å². The summed E-state index contributed by atoms with van der Waals surface area (Å²) in [7, 11) is 0. The molecule has 0 atom stereocenters. The molecule has 1 heterocycles. The molecule has 0 amide bonds. The van der Waals surface area contributed by atoms with Crippen molar-refractivity contribution < 1.29 is 9.31 Å². The number of nitrogens with zero attached hydrogens (tertiary/aromatic N) is 2. The second kappa shape index (κ2) is 1.81. The average molecular weight is 131 g/mol. The van der Waals surface area contributed by atoms with Gasteiger partial charge in [-0.3, -0.25) is 0 Å². The molecule has 0 bridgehead atoms. The minimum atomic E-state index is -0.873. The van der Waals surface area contributed by atoms with Crippen LogP contribution in [0.1, 0.15) is 0 Å². The monoisotopic (exact) mass is 131 g/mol. The fraction of sp³-hybridized carbons (Fsp3) is 0. The first kappa shape index (κ1) is 5.67. The van der Waals surface area contributed by atoms with Crippen molar-refractivity contribution in [2.45, 2.75) is 0 Å². The van der Waals surface area contributed by atoms with Crippen molar-refractivity contribution in [2.24, 2.45) is 0 Å². The summed E-state index contributed by atoms with van der Waals surface area (Å²) >= 11 is 0. The van der Waals surface area contributed by atoms with Crippen LogP contribution in [0.4, 0.5) is 10.3 Å². The number of H-pyrrole nitrogens is 1. The Bertz CT molecular complexity index is 233. The average Bonchev–Trinajstić information content (AvgIpc) is 2.14. The normalized spacial score (nSPS) is 9.44. The number of hydrogen-bond acceptors (Lipinski definition) is 3. The maximum absolute atomic E-state index is 11.8. The number of rotatable bonds is 1. The van der Waals surface area contributed by atoms with Gasteiger partial charge in [-0.05, 0) is 9.91 Å². The Morgan fingerprint density at radius 3 is 2.78 bits per heavy atom. The van der Waals surface area contributed by atoms with Crippen molar-refractivity contribution in [1.82, 2.24) is 9.97 Å². The third-order valence-electron chi connectivity index (χ3n) is 0.706. The lowest BCUT2D eigenvalue weighted by Gasteiger charge is -1.83. The van der Waals surface area contributed by atoms with E-state index in [2.05, 4.69) is 4.98 Å². The van der Waals surface area contributed by atoms with Gasteiger partial charge in [-0.25, -0.2) is 4.98 Å². The Morgan fingerprint density at radius 2 is 2.56 bits per heavy atom. The highest BCUT2D eigenvalue weighted by atomic mass is 19.1. The Morgan fingerprint density at radius 1 is 1.89 bits per heavy atom. The van der Waals surface area contributed by atoms with E-state index in [1.54, 1.807) is 0 Å². The maximum atomic E-state index is 11.8. The molecule has 0 aromatic carbocycles. The zero-order chi connectivity index (χ0) is 6.85. The molecule has 1 rings (SSSR count). The molecule has 5 nitrogen and oxygen atoms in total. The van der Waals surface area contributed by atoms with Gasteiger partial charge in [0.2, 0.25) is 0 Å². The Hall–Kier alpha value is -1.46. The third kappa shape index (κ3) is 1.01. The smallest absolute Gasteiger partial charge is 0.390 e. The van der Waals surface area contributed by atoms with Crippen molar-refractivity contribution in [2.75, 3.05) is 0 Å². The lowest BCUT2D eigenvalue weighted by Crippen LogP contribution is -1.88. The van der Waals surface area contributed by atoms with Crippen LogP contribution in [0.15, 0.2) is 6.20 Å². The summed E-state index contributed by atoms with van der Waals surface area (Å²) in [6.45, 7) is 0. The van der Waals surface area contributed by atoms with E-state index in [-0.39, 0.29) is 0 Å². The quantitative estimate of drug-likeness (QED) is 0.444. The van der Waals surface area contributed by atoms with Crippen molar-refractivity contribution in [1.29, 1.82) is 0 Å². The number of halogens is 1. The van der Waals surface area contributed by atoms with E-state index < -0.39 is 16.8 Å². The molecule has 0 aliphatic carbocycles. The van der Waals surface area contributed by atoms with Crippen LogP contribution in [0, 0.1) is 16.1 Å². The summed E-state index contributed by atoms with van der Waals surface area (Å²) in [5.74, 6) is -1.45. The van der Waals surface area contributed by atoms with Gasteiger partial charge in [0, 0.05) is 0 Å². The topological polar surface area (TPSA) is 71.8 Å². The fourth-order valence-electron chi connectivity index (χ4n) is 0.383.